The van der Waals surface area contributed by atoms with Crippen LogP contribution >= 0.6 is 0 Å². The molecule has 0 atom stereocenters. The second-order valence-electron chi connectivity index (χ2n) is 10.5. The summed E-state index contributed by atoms with van der Waals surface area (Å²) in [7, 11) is -3.44. The molecule has 0 saturated heterocycles. The highest BCUT2D eigenvalue weighted by Gasteiger charge is 2.40. The number of rotatable bonds is 3. The zero-order valence-electron chi connectivity index (χ0n) is 18.2. The SMILES string of the molecule is Cc1cn([Si](C)(C)C(C)(C)C)c2ccc(O[Si](C)(C)C(C)(C)C)cc12. The van der Waals surface area contributed by atoms with Crippen LogP contribution in [0.5, 0.6) is 5.75 Å². The second kappa shape index (κ2) is 6.02. The maximum atomic E-state index is 6.53. The standard InChI is InChI=1S/C21H37NOSi2/c1-16-15-22(24(8,9)20(2,3)4)19-13-12-17(14-18(16)19)23-25(10,11)21(5,6)7/h12-15H,1-11H3. The lowest BCUT2D eigenvalue weighted by Crippen LogP contribution is -2.45. The quantitative estimate of drug-likeness (QED) is 0.518. The lowest BCUT2D eigenvalue weighted by atomic mass is 10.2. The molecule has 0 fully saturated rings. The molecule has 0 N–H and O–H groups in total. The molecule has 0 saturated carbocycles. The molecule has 4 heteroatoms. The first-order valence-corrected chi connectivity index (χ1v) is 15.2. The summed E-state index contributed by atoms with van der Waals surface area (Å²) < 4.78 is 9.11. The van der Waals surface area contributed by atoms with E-state index in [-0.39, 0.29) is 5.04 Å². The minimum absolute atomic E-state index is 0.212. The number of hydrogen-bond acceptors (Lipinski definition) is 1. The van der Waals surface area contributed by atoms with E-state index < -0.39 is 16.6 Å². The van der Waals surface area contributed by atoms with Crippen LogP contribution in [0, 0.1) is 6.92 Å². The molecule has 2 nitrogen and oxygen atoms in total. The van der Waals surface area contributed by atoms with Crippen LogP contribution < -0.4 is 4.43 Å². The van der Waals surface area contributed by atoms with Gasteiger partial charge in [-0.05, 0) is 60.1 Å². The molecule has 0 unspecified atom stereocenters. The highest BCUT2D eigenvalue weighted by molar-refractivity contribution is 6.79. The summed E-state index contributed by atoms with van der Waals surface area (Å²) in [6, 6.07) is 6.70. The van der Waals surface area contributed by atoms with Crippen LogP contribution in [0.4, 0.5) is 0 Å². The Labute approximate surface area is 156 Å². The van der Waals surface area contributed by atoms with Gasteiger partial charge in [-0.25, -0.2) is 0 Å². The van der Waals surface area contributed by atoms with Crippen LogP contribution in [0.1, 0.15) is 47.1 Å². The minimum atomic E-state index is -1.81. The smallest absolute Gasteiger partial charge is 0.250 e. The Kier molecular flexibility index (Phi) is 4.89. The maximum Gasteiger partial charge on any atom is 0.250 e. The third-order valence-electron chi connectivity index (χ3n) is 6.59. The third-order valence-corrected chi connectivity index (χ3v) is 16.2. The molecule has 25 heavy (non-hydrogen) atoms. The van der Waals surface area contributed by atoms with E-state index in [1.165, 1.54) is 16.5 Å². The van der Waals surface area contributed by atoms with Crippen LogP contribution in [-0.4, -0.2) is 20.8 Å². The van der Waals surface area contributed by atoms with Crippen molar-refractivity contribution in [2.75, 3.05) is 0 Å². The second-order valence-corrected chi connectivity index (χ2v) is 20.4. The van der Waals surface area contributed by atoms with E-state index in [0.717, 1.165) is 5.75 Å². The summed E-state index contributed by atoms with van der Waals surface area (Å²) in [5.74, 6) is 1.02. The van der Waals surface area contributed by atoms with E-state index in [1.807, 2.05) is 0 Å². The Morgan fingerprint density at radius 2 is 1.44 bits per heavy atom. The summed E-state index contributed by atoms with van der Waals surface area (Å²) >= 11 is 0. The molecular weight excluding hydrogens is 338 g/mol. The molecule has 0 bridgehead atoms. The number of aromatic nitrogens is 1. The topological polar surface area (TPSA) is 14.2 Å². The molecule has 1 aromatic heterocycles. The Hall–Kier alpha value is -1.01. The van der Waals surface area contributed by atoms with Gasteiger partial charge < -0.3 is 8.66 Å². The molecule has 2 rings (SSSR count). The van der Waals surface area contributed by atoms with Gasteiger partial charge in [0.1, 0.15) is 5.75 Å². The molecule has 0 aliphatic rings. The van der Waals surface area contributed by atoms with E-state index in [4.69, 9.17) is 4.43 Å². The lowest BCUT2D eigenvalue weighted by Gasteiger charge is -2.38. The number of benzene rings is 1. The Morgan fingerprint density at radius 1 is 0.880 bits per heavy atom. The first-order chi connectivity index (χ1) is 11.1. The van der Waals surface area contributed by atoms with Gasteiger partial charge in [-0.15, -0.1) is 0 Å². The van der Waals surface area contributed by atoms with Gasteiger partial charge in [-0.3, -0.25) is 0 Å². The first kappa shape index (κ1) is 20.3. The normalized spacial score (nSPS) is 14.2. The zero-order valence-corrected chi connectivity index (χ0v) is 20.2. The summed E-state index contributed by atoms with van der Waals surface area (Å²) in [4.78, 5) is 0. The third kappa shape index (κ3) is 3.61. The zero-order chi connectivity index (χ0) is 19.4. The van der Waals surface area contributed by atoms with Gasteiger partial charge in [0.05, 0.1) is 0 Å². The van der Waals surface area contributed by atoms with Crippen molar-refractivity contribution in [3.63, 3.8) is 0 Å². The molecule has 0 radical (unpaired) electrons. The van der Waals surface area contributed by atoms with Crippen molar-refractivity contribution >= 4 is 27.5 Å². The van der Waals surface area contributed by atoms with Crippen molar-refractivity contribution < 1.29 is 4.43 Å². The van der Waals surface area contributed by atoms with Crippen LogP contribution in [-0.2, 0) is 0 Å². The predicted molar refractivity (Wildman–Crippen MR) is 117 cm³/mol. The molecule has 0 spiro atoms. The van der Waals surface area contributed by atoms with Gasteiger partial charge in [0.25, 0.3) is 0 Å². The molecular formula is C21H37NOSi2. The number of fused-ring (bicyclic) bond motifs is 1. The largest absolute Gasteiger partial charge is 0.543 e. The van der Waals surface area contributed by atoms with E-state index in [2.05, 4.69) is 103 Å². The molecule has 2 aromatic rings. The highest BCUT2D eigenvalue weighted by Crippen LogP contribution is 2.41. The average Bonchev–Trinajstić information content (AvgIpc) is 2.73. The molecule has 0 aliphatic carbocycles. The lowest BCUT2D eigenvalue weighted by molar-refractivity contribution is 0.493. The minimum Gasteiger partial charge on any atom is -0.543 e. The van der Waals surface area contributed by atoms with E-state index in [9.17, 15) is 0 Å². The van der Waals surface area contributed by atoms with Crippen LogP contribution in [0.2, 0.25) is 36.3 Å². The molecule has 0 aliphatic heterocycles. The molecule has 140 valence electrons. The van der Waals surface area contributed by atoms with E-state index >= 15 is 0 Å². The van der Waals surface area contributed by atoms with Crippen molar-refractivity contribution in [3.05, 3.63) is 30.0 Å². The highest BCUT2D eigenvalue weighted by atomic mass is 28.4. The van der Waals surface area contributed by atoms with Crippen molar-refractivity contribution in [1.82, 2.24) is 4.23 Å². The summed E-state index contributed by atoms with van der Waals surface area (Å²) in [5.41, 5.74) is 2.70. The maximum absolute atomic E-state index is 6.53. The summed E-state index contributed by atoms with van der Waals surface area (Å²) in [5, 5.41) is 1.85. The van der Waals surface area contributed by atoms with Crippen LogP contribution in [0.15, 0.2) is 24.4 Å². The molecule has 1 heterocycles. The molecule has 1 aromatic carbocycles. The Bertz CT molecular complexity index is 774. The van der Waals surface area contributed by atoms with Crippen LogP contribution in [0.3, 0.4) is 0 Å². The van der Waals surface area contributed by atoms with Gasteiger partial charge in [0, 0.05) is 10.9 Å². The summed E-state index contributed by atoms with van der Waals surface area (Å²) in [6.07, 6.45) is 2.36. The van der Waals surface area contributed by atoms with Crippen molar-refractivity contribution in [1.29, 1.82) is 0 Å². The van der Waals surface area contributed by atoms with E-state index in [0.29, 0.717) is 5.04 Å². The van der Waals surface area contributed by atoms with Crippen molar-refractivity contribution in [2.24, 2.45) is 0 Å². The Balaban J connectivity index is 2.52. The predicted octanol–water partition coefficient (Wildman–Crippen LogP) is 7.19. The van der Waals surface area contributed by atoms with Crippen molar-refractivity contribution in [3.8, 4) is 5.75 Å². The molecule has 0 amide bonds. The van der Waals surface area contributed by atoms with Gasteiger partial charge >= 0.3 is 0 Å². The van der Waals surface area contributed by atoms with Gasteiger partial charge in [0.15, 0.2) is 8.24 Å². The number of hydrogen-bond donors (Lipinski definition) is 0. The Morgan fingerprint density at radius 3 is 1.92 bits per heavy atom. The van der Waals surface area contributed by atoms with E-state index in [1.54, 1.807) is 0 Å². The number of nitrogens with zero attached hydrogens (tertiary/aromatic N) is 1. The van der Waals surface area contributed by atoms with Gasteiger partial charge in [0.2, 0.25) is 8.32 Å². The van der Waals surface area contributed by atoms with Crippen molar-refractivity contribution in [2.45, 2.75) is 84.7 Å². The number of aryl methyl sites for hydroxylation is 1. The fourth-order valence-corrected chi connectivity index (χ4v) is 5.77. The first-order valence-electron chi connectivity index (χ1n) is 9.39. The van der Waals surface area contributed by atoms with Gasteiger partial charge in [-0.2, -0.15) is 0 Å². The fourth-order valence-electron chi connectivity index (χ4n) is 2.71. The average molecular weight is 376 g/mol. The van der Waals surface area contributed by atoms with Gasteiger partial charge in [-0.1, -0.05) is 54.6 Å². The fraction of sp³-hybridized carbons (Fsp3) is 0.619. The van der Waals surface area contributed by atoms with Crippen LogP contribution in [0.25, 0.3) is 10.9 Å². The summed E-state index contributed by atoms with van der Waals surface area (Å²) in [6.45, 7) is 25.8. The monoisotopic (exact) mass is 375 g/mol.